The van der Waals surface area contributed by atoms with Crippen molar-refractivity contribution in [1.29, 1.82) is 0 Å². The highest BCUT2D eigenvalue weighted by Crippen LogP contribution is 2.27. The van der Waals surface area contributed by atoms with Crippen molar-refractivity contribution < 1.29 is 26.6 Å². The zero-order chi connectivity index (χ0) is 19.6. The predicted octanol–water partition coefficient (Wildman–Crippen LogP) is 2.74. The lowest BCUT2D eigenvalue weighted by atomic mass is 10.00. The molecule has 9 heteroatoms. The number of hydrogen-bond acceptors (Lipinski definition) is 5. The fourth-order valence-corrected chi connectivity index (χ4v) is 2.90. The molecule has 1 unspecified atom stereocenters. The van der Waals surface area contributed by atoms with Crippen molar-refractivity contribution >= 4 is 27.1 Å². The average Bonchev–Trinajstić information content (AvgIpc) is 3.03. The second-order valence-electron chi connectivity index (χ2n) is 6.05. The first-order valence-electron chi connectivity index (χ1n) is 8.12. The second kappa shape index (κ2) is 7.45. The van der Waals surface area contributed by atoms with Crippen LogP contribution in [0, 0.1) is 5.82 Å². The summed E-state index contributed by atoms with van der Waals surface area (Å²) in [6, 6.07) is 10.9. The van der Waals surface area contributed by atoms with Gasteiger partial charge >= 0.3 is 0 Å². The first-order valence-corrected chi connectivity index (χ1v) is 9.73. The molecule has 0 bridgehead atoms. The molecule has 0 saturated carbocycles. The van der Waals surface area contributed by atoms with Crippen molar-refractivity contribution in [1.82, 2.24) is 10.3 Å². The third-order valence-corrected chi connectivity index (χ3v) is 4.78. The van der Waals surface area contributed by atoms with E-state index in [1.807, 2.05) is 0 Å². The quantitative estimate of drug-likeness (QED) is 0.624. The Balaban J connectivity index is 1.77. The summed E-state index contributed by atoms with van der Waals surface area (Å²) in [6.45, 7) is 1.49. The lowest BCUT2D eigenvalue weighted by molar-refractivity contribution is -0.122. The van der Waals surface area contributed by atoms with Gasteiger partial charge in [-0.2, -0.15) is 8.42 Å². The van der Waals surface area contributed by atoms with Gasteiger partial charge in [0.1, 0.15) is 11.3 Å². The molecule has 7 nitrogen and oxygen atoms in total. The molecule has 1 heterocycles. The van der Waals surface area contributed by atoms with Crippen molar-refractivity contribution in [2.75, 3.05) is 12.3 Å². The molecule has 0 aliphatic heterocycles. The lowest BCUT2D eigenvalue weighted by Crippen LogP contribution is -2.32. The molecular weight excluding hydrogens is 375 g/mol. The van der Waals surface area contributed by atoms with Crippen molar-refractivity contribution in [3.8, 4) is 11.5 Å². The number of rotatable bonds is 6. The number of aromatic nitrogens is 1. The fraction of sp³-hybridized carbons (Fsp3) is 0.222. The first-order chi connectivity index (χ1) is 12.7. The van der Waals surface area contributed by atoms with Crippen LogP contribution in [0.2, 0.25) is 0 Å². The molecule has 3 aromatic rings. The van der Waals surface area contributed by atoms with E-state index in [4.69, 9.17) is 8.97 Å². The van der Waals surface area contributed by atoms with Crippen LogP contribution < -0.4 is 5.32 Å². The number of nitrogens with zero attached hydrogens (tertiary/aromatic N) is 1. The Morgan fingerprint density at radius 3 is 2.63 bits per heavy atom. The molecule has 142 valence electrons. The van der Waals surface area contributed by atoms with E-state index in [0.29, 0.717) is 28.1 Å². The maximum Gasteiger partial charge on any atom is 0.266 e. The average molecular weight is 392 g/mol. The summed E-state index contributed by atoms with van der Waals surface area (Å²) in [5.74, 6) is -1.49. The zero-order valence-corrected chi connectivity index (χ0v) is 15.2. The van der Waals surface area contributed by atoms with E-state index in [1.54, 1.807) is 37.3 Å². The number of halogens is 1. The highest BCUT2D eigenvalue weighted by Gasteiger charge is 2.18. The number of fused-ring (bicyclic) bond motifs is 1. The van der Waals surface area contributed by atoms with E-state index in [9.17, 15) is 17.6 Å². The van der Waals surface area contributed by atoms with Crippen LogP contribution in [0.3, 0.4) is 0 Å². The number of amides is 1. The van der Waals surface area contributed by atoms with E-state index in [2.05, 4.69) is 10.3 Å². The molecule has 0 fully saturated rings. The molecule has 1 aromatic heterocycles. The van der Waals surface area contributed by atoms with Gasteiger partial charge in [-0.25, -0.2) is 9.37 Å². The van der Waals surface area contributed by atoms with Gasteiger partial charge in [0, 0.05) is 12.1 Å². The van der Waals surface area contributed by atoms with Crippen LogP contribution >= 0.6 is 0 Å². The van der Waals surface area contributed by atoms with Gasteiger partial charge in [-0.05, 0) is 48.9 Å². The number of carbonyl (C=O) groups excluding carboxylic acids is 1. The maximum atomic E-state index is 13.0. The maximum absolute atomic E-state index is 13.0. The summed E-state index contributed by atoms with van der Waals surface area (Å²) in [6.07, 6.45) is 0. The van der Waals surface area contributed by atoms with Crippen LogP contribution in [0.1, 0.15) is 18.4 Å². The summed E-state index contributed by atoms with van der Waals surface area (Å²) < 4.78 is 48.8. The highest BCUT2D eigenvalue weighted by atomic mass is 32.2. The van der Waals surface area contributed by atoms with Gasteiger partial charge in [-0.1, -0.05) is 6.07 Å². The second-order valence-corrected chi connectivity index (χ2v) is 7.62. The summed E-state index contributed by atoms with van der Waals surface area (Å²) in [5.41, 5.74) is 2.37. The SMILES string of the molecule is CC(C(=O)NCCS(=O)(=O)O)c1ccc2oc(-c3ccc(F)cc3)nc2c1. The number of nitrogens with one attached hydrogen (secondary N) is 1. The predicted molar refractivity (Wildman–Crippen MR) is 97.2 cm³/mol. The Hall–Kier alpha value is -2.78. The number of hydrogen-bond donors (Lipinski definition) is 2. The van der Waals surface area contributed by atoms with Crippen molar-refractivity contribution in [2.45, 2.75) is 12.8 Å². The van der Waals surface area contributed by atoms with E-state index in [-0.39, 0.29) is 18.3 Å². The minimum Gasteiger partial charge on any atom is -0.436 e. The molecule has 27 heavy (non-hydrogen) atoms. The van der Waals surface area contributed by atoms with Crippen LogP contribution in [0.4, 0.5) is 4.39 Å². The Bertz CT molecular complexity index is 1080. The minimum atomic E-state index is -4.13. The molecule has 2 aromatic carbocycles. The summed E-state index contributed by atoms with van der Waals surface area (Å²) >= 11 is 0. The van der Waals surface area contributed by atoms with Gasteiger partial charge in [0.15, 0.2) is 5.58 Å². The van der Waals surface area contributed by atoms with Crippen LogP contribution in [-0.2, 0) is 14.9 Å². The van der Waals surface area contributed by atoms with E-state index >= 15 is 0 Å². The topological polar surface area (TPSA) is 110 Å². The standard InChI is InChI=1S/C18H17FN2O5S/c1-11(17(22)20-8-9-27(23,24)25)13-4-7-16-15(10-13)21-18(26-16)12-2-5-14(19)6-3-12/h2-7,10-11H,8-9H2,1H3,(H,20,22)(H,23,24,25). The Kier molecular flexibility index (Phi) is 5.24. The Morgan fingerprint density at radius 1 is 1.26 bits per heavy atom. The van der Waals surface area contributed by atoms with Gasteiger partial charge in [0.05, 0.1) is 11.7 Å². The first kappa shape index (κ1) is 19.0. The van der Waals surface area contributed by atoms with Gasteiger partial charge in [0.25, 0.3) is 10.1 Å². The largest absolute Gasteiger partial charge is 0.436 e. The number of carbonyl (C=O) groups is 1. The zero-order valence-electron chi connectivity index (χ0n) is 14.3. The van der Waals surface area contributed by atoms with Crippen LogP contribution in [0.5, 0.6) is 0 Å². The molecule has 2 N–H and O–H groups in total. The van der Waals surface area contributed by atoms with Gasteiger partial charge in [0.2, 0.25) is 11.8 Å². The molecule has 0 radical (unpaired) electrons. The third kappa shape index (κ3) is 4.69. The Labute approximate surface area is 155 Å². The number of oxazole rings is 1. The molecule has 1 atom stereocenters. The molecular formula is C18H17FN2O5S. The minimum absolute atomic E-state index is 0.178. The highest BCUT2D eigenvalue weighted by molar-refractivity contribution is 7.85. The molecule has 0 aliphatic rings. The molecule has 0 saturated heterocycles. The van der Waals surface area contributed by atoms with Gasteiger partial charge < -0.3 is 9.73 Å². The van der Waals surface area contributed by atoms with E-state index in [0.717, 1.165) is 0 Å². The molecule has 1 amide bonds. The van der Waals surface area contributed by atoms with Crippen LogP contribution in [0.15, 0.2) is 46.9 Å². The van der Waals surface area contributed by atoms with E-state index in [1.165, 1.54) is 12.1 Å². The monoisotopic (exact) mass is 392 g/mol. The van der Waals surface area contributed by atoms with Crippen molar-refractivity contribution in [2.24, 2.45) is 0 Å². The number of benzene rings is 2. The lowest BCUT2D eigenvalue weighted by Gasteiger charge is -2.12. The molecule has 3 rings (SSSR count). The summed E-state index contributed by atoms with van der Waals surface area (Å²) in [7, 11) is -4.13. The smallest absolute Gasteiger partial charge is 0.266 e. The normalized spacial score (nSPS) is 12.9. The van der Waals surface area contributed by atoms with Crippen LogP contribution in [-0.4, -0.2) is 36.2 Å². The molecule has 0 spiro atoms. The van der Waals surface area contributed by atoms with Gasteiger partial charge in [-0.15, -0.1) is 0 Å². The van der Waals surface area contributed by atoms with E-state index < -0.39 is 21.8 Å². The Morgan fingerprint density at radius 2 is 1.96 bits per heavy atom. The third-order valence-electron chi connectivity index (χ3n) is 4.06. The fourth-order valence-electron chi connectivity index (χ4n) is 2.54. The summed E-state index contributed by atoms with van der Waals surface area (Å²) in [4.78, 5) is 16.5. The van der Waals surface area contributed by atoms with Crippen LogP contribution in [0.25, 0.3) is 22.6 Å². The van der Waals surface area contributed by atoms with Crippen molar-refractivity contribution in [3.63, 3.8) is 0 Å². The summed E-state index contributed by atoms with van der Waals surface area (Å²) in [5, 5.41) is 2.46. The van der Waals surface area contributed by atoms with Gasteiger partial charge in [-0.3, -0.25) is 9.35 Å². The van der Waals surface area contributed by atoms with Crippen molar-refractivity contribution in [3.05, 3.63) is 53.8 Å². The molecule has 0 aliphatic carbocycles.